The van der Waals surface area contributed by atoms with Crippen molar-refractivity contribution < 1.29 is 18.1 Å². The van der Waals surface area contributed by atoms with Crippen LogP contribution in [0.25, 0.3) is 0 Å². The van der Waals surface area contributed by atoms with Crippen LogP contribution in [-0.4, -0.2) is 0 Å². The highest BCUT2D eigenvalue weighted by atomic mass is 79.9. The van der Waals surface area contributed by atoms with Crippen LogP contribution in [0, 0.1) is 0 Å². The summed E-state index contributed by atoms with van der Waals surface area (Å²) in [5.41, 5.74) is 0. The Bertz CT molecular complexity index is 1100. The van der Waals surface area contributed by atoms with Crippen LogP contribution in [-0.2, 0) is 4.57 Å². The lowest BCUT2D eigenvalue weighted by Gasteiger charge is -2.22. The van der Waals surface area contributed by atoms with E-state index in [1.165, 1.54) is 0 Å². The Morgan fingerprint density at radius 2 is 0.688 bits per heavy atom. The van der Waals surface area contributed by atoms with Gasteiger partial charge in [0.05, 0.1) is 13.4 Å². The largest absolute Gasteiger partial charge is 0.647 e. The molecule has 14 heteroatoms. The van der Waals surface area contributed by atoms with Gasteiger partial charge in [0.2, 0.25) is 0 Å². The van der Waals surface area contributed by atoms with Gasteiger partial charge in [-0.1, -0.05) is 0 Å². The van der Waals surface area contributed by atoms with Crippen molar-refractivity contribution in [1.82, 2.24) is 0 Å². The van der Waals surface area contributed by atoms with Gasteiger partial charge in [0, 0.05) is 26.8 Å². The van der Waals surface area contributed by atoms with Gasteiger partial charge in [-0.15, -0.1) is 0 Å². The molecule has 3 aromatic rings. The first kappa shape index (κ1) is 28.2. The second-order valence-electron chi connectivity index (χ2n) is 5.74. The molecule has 0 atom stereocenters. The average molecular weight is 1040 g/mol. The molecule has 0 radical (unpaired) electrons. The average Bonchev–Trinajstić information content (AvgIpc) is 2.75. The first-order chi connectivity index (χ1) is 14.9. The normalized spacial score (nSPS) is 11.4. The lowest BCUT2D eigenvalue weighted by molar-refractivity contribution is 0.296. The molecule has 0 aromatic heterocycles. The SMILES string of the molecule is O=P(Oc1ccc(Br)c(Br)c1Br)(Oc1ccc(Br)c(Br)c1Br)Oc1ccc(Br)c(Br)c1Br. The molecule has 0 amide bonds. The molecule has 0 saturated carbocycles. The zero-order chi connectivity index (χ0) is 23.8. The van der Waals surface area contributed by atoms with Crippen molar-refractivity contribution in [3.8, 4) is 17.2 Å². The standard InChI is InChI=1S/C18H6Br9O4P/c19-7-1-4-10(16(25)13(7)22)29-32(28,30-11-5-2-8(20)14(23)17(11)26)31-12-6-3-9(21)15(24)18(12)27/h1-6H. The molecule has 170 valence electrons. The maximum atomic E-state index is 14.0. The summed E-state index contributed by atoms with van der Waals surface area (Å²) >= 11 is 30.9. The molecular weight excluding hydrogens is 1030 g/mol. The summed E-state index contributed by atoms with van der Waals surface area (Å²) in [7, 11) is -4.27. The predicted octanol–water partition coefficient (Wildman–Crippen LogP) is 12.2. The van der Waals surface area contributed by atoms with E-state index in [2.05, 4.69) is 143 Å². The minimum absolute atomic E-state index is 0.253. The molecule has 0 bridgehead atoms. The molecule has 0 aliphatic rings. The summed E-state index contributed by atoms with van der Waals surface area (Å²) in [5, 5.41) is 0. The summed E-state index contributed by atoms with van der Waals surface area (Å²) in [6.45, 7) is 0. The Labute approximate surface area is 259 Å². The van der Waals surface area contributed by atoms with Gasteiger partial charge in [-0.3, -0.25) is 0 Å². The third-order valence-corrected chi connectivity index (χ3v) is 14.9. The highest BCUT2D eigenvalue weighted by molar-refractivity contribution is 9.15. The maximum Gasteiger partial charge on any atom is 0.647 e. The molecule has 0 spiro atoms. The monoisotopic (exact) mass is 1030 g/mol. The van der Waals surface area contributed by atoms with Gasteiger partial charge in [-0.25, -0.2) is 0 Å². The van der Waals surface area contributed by atoms with E-state index in [1.54, 1.807) is 36.4 Å². The lowest BCUT2D eigenvalue weighted by atomic mass is 10.3. The number of hydrogen-bond acceptors (Lipinski definition) is 4. The van der Waals surface area contributed by atoms with E-state index in [1.807, 2.05) is 0 Å². The van der Waals surface area contributed by atoms with E-state index in [4.69, 9.17) is 13.6 Å². The first-order valence-corrected chi connectivity index (χ1v) is 16.6. The molecule has 0 aliphatic heterocycles. The third kappa shape index (κ3) is 6.48. The summed E-state index contributed by atoms with van der Waals surface area (Å²) < 4.78 is 37.5. The van der Waals surface area contributed by atoms with E-state index in [0.29, 0.717) is 26.8 Å². The zero-order valence-electron chi connectivity index (χ0n) is 14.9. The molecule has 3 rings (SSSR count). The van der Waals surface area contributed by atoms with E-state index in [0.717, 1.165) is 13.4 Å². The quantitative estimate of drug-likeness (QED) is 0.182. The molecule has 4 nitrogen and oxygen atoms in total. The minimum Gasteiger partial charge on any atom is -0.385 e. The van der Waals surface area contributed by atoms with Gasteiger partial charge in [0.25, 0.3) is 0 Å². The van der Waals surface area contributed by atoms with Crippen LogP contribution in [0.5, 0.6) is 17.2 Å². The fourth-order valence-corrected chi connectivity index (χ4v) is 7.87. The van der Waals surface area contributed by atoms with E-state index < -0.39 is 7.82 Å². The van der Waals surface area contributed by atoms with Crippen LogP contribution in [0.4, 0.5) is 0 Å². The smallest absolute Gasteiger partial charge is 0.385 e. The van der Waals surface area contributed by atoms with Gasteiger partial charge in [-0.05, 0) is 180 Å². The topological polar surface area (TPSA) is 44.8 Å². The van der Waals surface area contributed by atoms with Crippen LogP contribution in [0.2, 0.25) is 0 Å². The number of rotatable bonds is 6. The van der Waals surface area contributed by atoms with Crippen molar-refractivity contribution in [1.29, 1.82) is 0 Å². The van der Waals surface area contributed by atoms with Gasteiger partial charge < -0.3 is 13.6 Å². The fourth-order valence-electron chi connectivity index (χ4n) is 2.15. The van der Waals surface area contributed by atoms with Gasteiger partial charge in [0.15, 0.2) is 0 Å². The van der Waals surface area contributed by atoms with Crippen LogP contribution in [0.15, 0.2) is 76.7 Å². The lowest BCUT2D eigenvalue weighted by Crippen LogP contribution is -2.09. The molecular formula is C18H6Br9O4P. The number of phosphoric acid groups is 1. The third-order valence-electron chi connectivity index (χ3n) is 3.63. The minimum atomic E-state index is -4.27. The number of halogens is 9. The molecule has 0 saturated heterocycles. The van der Waals surface area contributed by atoms with Crippen molar-refractivity contribution in [2.75, 3.05) is 0 Å². The highest BCUT2D eigenvalue weighted by Crippen LogP contribution is 2.56. The summed E-state index contributed by atoms with van der Waals surface area (Å²) in [5.74, 6) is 0.758. The molecule has 0 fully saturated rings. The van der Waals surface area contributed by atoms with Gasteiger partial charge in [-0.2, -0.15) is 4.57 Å². The Morgan fingerprint density at radius 3 is 0.938 bits per heavy atom. The van der Waals surface area contributed by atoms with E-state index in [9.17, 15) is 4.57 Å². The second-order valence-corrected chi connectivity index (χ2v) is 14.5. The van der Waals surface area contributed by atoms with E-state index in [-0.39, 0.29) is 17.2 Å². The Kier molecular flexibility index (Phi) is 10.4. The Morgan fingerprint density at radius 1 is 0.438 bits per heavy atom. The van der Waals surface area contributed by atoms with Crippen molar-refractivity contribution >= 4 is 151 Å². The molecule has 3 aromatic carbocycles. The highest BCUT2D eigenvalue weighted by Gasteiger charge is 2.36. The summed E-state index contributed by atoms with van der Waals surface area (Å²) in [6.07, 6.45) is 0. The maximum absolute atomic E-state index is 14.0. The van der Waals surface area contributed by atoms with Crippen molar-refractivity contribution in [3.63, 3.8) is 0 Å². The number of benzene rings is 3. The van der Waals surface area contributed by atoms with Crippen LogP contribution < -0.4 is 13.6 Å². The molecule has 0 unspecified atom stereocenters. The molecule has 0 aliphatic carbocycles. The van der Waals surface area contributed by atoms with Gasteiger partial charge >= 0.3 is 7.82 Å². The first-order valence-electron chi connectivity index (χ1n) is 8.03. The van der Waals surface area contributed by atoms with Crippen molar-refractivity contribution in [3.05, 3.63) is 76.7 Å². The molecule has 32 heavy (non-hydrogen) atoms. The predicted molar refractivity (Wildman–Crippen MR) is 158 cm³/mol. The fraction of sp³-hybridized carbons (Fsp3) is 0. The summed E-state index contributed by atoms with van der Waals surface area (Å²) in [4.78, 5) is 0. The molecule has 0 heterocycles. The summed E-state index contributed by atoms with van der Waals surface area (Å²) in [6, 6.07) is 10.1. The van der Waals surface area contributed by atoms with Crippen LogP contribution >= 0.6 is 151 Å². The Hall–Kier alpha value is 1.61. The van der Waals surface area contributed by atoms with Crippen LogP contribution in [0.3, 0.4) is 0 Å². The van der Waals surface area contributed by atoms with Crippen molar-refractivity contribution in [2.24, 2.45) is 0 Å². The van der Waals surface area contributed by atoms with Crippen molar-refractivity contribution in [2.45, 2.75) is 0 Å². The van der Waals surface area contributed by atoms with E-state index >= 15 is 0 Å². The number of phosphoric ester groups is 1. The zero-order valence-corrected chi connectivity index (χ0v) is 30.1. The Balaban J connectivity index is 2.09. The van der Waals surface area contributed by atoms with Crippen LogP contribution in [0.1, 0.15) is 0 Å². The second kappa shape index (κ2) is 11.8. The van der Waals surface area contributed by atoms with Gasteiger partial charge in [0.1, 0.15) is 17.2 Å². The number of hydrogen-bond donors (Lipinski definition) is 0. The molecule has 0 N–H and O–H groups in total.